The van der Waals surface area contributed by atoms with Crippen molar-refractivity contribution >= 4 is 0 Å². The predicted octanol–water partition coefficient (Wildman–Crippen LogP) is 13.2. The molecule has 0 atom stereocenters. The lowest BCUT2D eigenvalue weighted by Gasteiger charge is -2.00. The molecule has 0 aliphatic carbocycles. The zero-order valence-electron chi connectivity index (χ0n) is 27.1. The van der Waals surface area contributed by atoms with Crippen LogP contribution in [-0.2, 0) is 0 Å². The summed E-state index contributed by atoms with van der Waals surface area (Å²) in [5.41, 5.74) is 9.95. The first kappa shape index (κ1) is 36.4. The van der Waals surface area contributed by atoms with Gasteiger partial charge in [-0.1, -0.05) is 118 Å². The van der Waals surface area contributed by atoms with E-state index in [0.29, 0.717) is 0 Å². The first-order valence-electron chi connectivity index (χ1n) is 15.2. The summed E-state index contributed by atoms with van der Waals surface area (Å²) in [6.45, 7) is 19.8. The summed E-state index contributed by atoms with van der Waals surface area (Å²) in [5.74, 6) is 0. The lowest BCUT2D eigenvalue weighted by Crippen LogP contribution is -1.80. The molecule has 0 aliphatic heterocycles. The second kappa shape index (κ2) is 24.4. The van der Waals surface area contributed by atoms with E-state index in [1.165, 1.54) is 51.9 Å². The number of hydrogen-bond donors (Lipinski definition) is 0. The predicted molar refractivity (Wildman–Crippen MR) is 181 cm³/mol. The SMILES string of the molecule is CC(C)=CCC/C=C/CC/C(C)=C/CC/C(C)=C/C=C\C=C(C)\C=C\C=C(/C)CC/C=C(\C)CCC=C(C)C. The molecule has 0 aliphatic rings. The van der Waals surface area contributed by atoms with E-state index >= 15 is 0 Å². The second-order valence-corrected chi connectivity index (χ2v) is 11.5. The molecule has 39 heavy (non-hydrogen) atoms. The molecule has 0 unspecified atom stereocenters. The fourth-order valence-electron chi connectivity index (χ4n) is 3.91. The van der Waals surface area contributed by atoms with Crippen LogP contribution in [0.3, 0.4) is 0 Å². The minimum Gasteiger partial charge on any atom is -0.0882 e. The van der Waals surface area contributed by atoms with E-state index in [0.717, 1.165) is 51.4 Å². The average Bonchev–Trinajstić information content (AvgIpc) is 2.85. The molecule has 0 heterocycles. The Kier molecular flexibility index (Phi) is 22.8. The van der Waals surface area contributed by atoms with Crippen LogP contribution in [-0.4, -0.2) is 0 Å². The molecule has 0 aromatic carbocycles. The number of hydrogen-bond acceptors (Lipinski definition) is 0. The summed E-state index contributed by atoms with van der Waals surface area (Å²) in [6.07, 6.45) is 40.9. The van der Waals surface area contributed by atoms with Crippen molar-refractivity contribution < 1.29 is 0 Å². The van der Waals surface area contributed by atoms with Gasteiger partial charge in [0.25, 0.3) is 0 Å². The zero-order chi connectivity index (χ0) is 29.3. The monoisotopic (exact) mass is 528 g/mol. The maximum atomic E-state index is 2.41. The fraction of sp³-hybridized carbons (Fsp3) is 0.487. The van der Waals surface area contributed by atoms with Gasteiger partial charge in [-0.05, 0) is 127 Å². The first-order valence-corrected chi connectivity index (χ1v) is 15.2. The average molecular weight is 529 g/mol. The van der Waals surface area contributed by atoms with Gasteiger partial charge < -0.3 is 0 Å². The van der Waals surface area contributed by atoms with Gasteiger partial charge in [0, 0.05) is 0 Å². The van der Waals surface area contributed by atoms with Gasteiger partial charge in [-0.15, -0.1) is 0 Å². The van der Waals surface area contributed by atoms with Crippen molar-refractivity contribution in [3.63, 3.8) is 0 Å². The Balaban J connectivity index is 4.32. The molecule has 0 fully saturated rings. The normalized spacial score (nSPS) is 14.2. The number of allylic oxidation sites excluding steroid dienone is 20. The zero-order valence-corrected chi connectivity index (χ0v) is 27.1. The van der Waals surface area contributed by atoms with E-state index in [-0.39, 0.29) is 0 Å². The van der Waals surface area contributed by atoms with Gasteiger partial charge in [0.05, 0.1) is 0 Å². The lowest BCUT2D eigenvalue weighted by molar-refractivity contribution is 0.917. The molecule has 0 spiro atoms. The Morgan fingerprint density at radius 1 is 0.385 bits per heavy atom. The molecule has 216 valence electrons. The van der Waals surface area contributed by atoms with Gasteiger partial charge in [0.2, 0.25) is 0 Å². The van der Waals surface area contributed by atoms with Crippen LogP contribution in [0.1, 0.15) is 127 Å². The van der Waals surface area contributed by atoms with Crippen LogP contribution in [0.25, 0.3) is 0 Å². The molecule has 0 aromatic heterocycles. The molecule has 0 N–H and O–H groups in total. The second-order valence-electron chi connectivity index (χ2n) is 11.5. The molecule has 0 rings (SSSR count). The van der Waals surface area contributed by atoms with Crippen molar-refractivity contribution in [3.05, 3.63) is 118 Å². The molecular formula is C39H60. The van der Waals surface area contributed by atoms with Crippen molar-refractivity contribution in [1.82, 2.24) is 0 Å². The Labute approximate surface area is 244 Å². The maximum Gasteiger partial charge on any atom is -0.0285 e. The van der Waals surface area contributed by atoms with Crippen LogP contribution in [0.15, 0.2) is 118 Å². The Morgan fingerprint density at radius 3 is 1.41 bits per heavy atom. The molecule has 0 bridgehead atoms. The van der Waals surface area contributed by atoms with E-state index < -0.39 is 0 Å². The third-order valence-electron chi connectivity index (χ3n) is 6.50. The van der Waals surface area contributed by atoms with Gasteiger partial charge >= 0.3 is 0 Å². The highest BCUT2D eigenvalue weighted by Crippen LogP contribution is 2.13. The number of unbranched alkanes of at least 4 members (excludes halogenated alkanes) is 1. The van der Waals surface area contributed by atoms with Crippen molar-refractivity contribution in [3.8, 4) is 0 Å². The highest BCUT2D eigenvalue weighted by atomic mass is 14.0. The molecule has 0 amide bonds. The molecular weight excluding hydrogens is 468 g/mol. The molecule has 0 nitrogen and oxygen atoms in total. The molecule has 0 aromatic rings. The topological polar surface area (TPSA) is 0 Å². The lowest BCUT2D eigenvalue weighted by atomic mass is 10.1. The molecule has 0 heteroatoms. The van der Waals surface area contributed by atoms with Crippen LogP contribution >= 0.6 is 0 Å². The highest BCUT2D eigenvalue weighted by Gasteiger charge is 1.92. The van der Waals surface area contributed by atoms with E-state index in [9.17, 15) is 0 Å². The molecule has 0 saturated heterocycles. The summed E-state index contributed by atoms with van der Waals surface area (Å²) in [4.78, 5) is 0. The summed E-state index contributed by atoms with van der Waals surface area (Å²) in [5, 5.41) is 0. The minimum atomic E-state index is 1.12. The largest absolute Gasteiger partial charge is 0.0882 e. The van der Waals surface area contributed by atoms with Gasteiger partial charge in [-0.25, -0.2) is 0 Å². The standard InChI is InChI=1S/C39H60/c1-33(2)21-13-11-10-12-14-23-35(5)27-18-28-36(6)24-15-16-25-37(7)29-19-31-39(9)32-20-30-38(8)26-17-22-34(3)4/h10,12,15-16,19,21-22,24-25,27,29-31H,11,13-14,17-18,20,23,26,28,32H2,1-9H3/b12-10+,16-15-,29-19+,35-27+,36-24+,37-25+,38-30+,39-31+. The third kappa shape index (κ3) is 26.8. The van der Waals surface area contributed by atoms with E-state index in [1.54, 1.807) is 0 Å². The Bertz CT molecular complexity index is 965. The van der Waals surface area contributed by atoms with Crippen LogP contribution in [0.4, 0.5) is 0 Å². The Morgan fingerprint density at radius 2 is 0.821 bits per heavy atom. The van der Waals surface area contributed by atoms with E-state index in [1.807, 2.05) is 0 Å². The smallest absolute Gasteiger partial charge is 0.0285 e. The van der Waals surface area contributed by atoms with Gasteiger partial charge in [-0.2, -0.15) is 0 Å². The Hall–Kier alpha value is -2.60. The van der Waals surface area contributed by atoms with Gasteiger partial charge in [0.1, 0.15) is 0 Å². The van der Waals surface area contributed by atoms with Crippen LogP contribution < -0.4 is 0 Å². The summed E-state index contributed by atoms with van der Waals surface area (Å²) in [6, 6.07) is 0. The first-order chi connectivity index (χ1) is 18.6. The van der Waals surface area contributed by atoms with Crippen molar-refractivity contribution in [1.29, 1.82) is 0 Å². The van der Waals surface area contributed by atoms with Crippen molar-refractivity contribution in [2.75, 3.05) is 0 Å². The molecule has 0 radical (unpaired) electrons. The highest BCUT2D eigenvalue weighted by molar-refractivity contribution is 5.27. The number of rotatable bonds is 19. The summed E-state index contributed by atoms with van der Waals surface area (Å²) >= 11 is 0. The quantitative estimate of drug-likeness (QED) is 0.0888. The van der Waals surface area contributed by atoms with E-state index in [4.69, 9.17) is 0 Å². The van der Waals surface area contributed by atoms with Gasteiger partial charge in [-0.3, -0.25) is 0 Å². The van der Waals surface area contributed by atoms with Crippen LogP contribution in [0, 0.1) is 0 Å². The van der Waals surface area contributed by atoms with Crippen LogP contribution in [0.5, 0.6) is 0 Å². The third-order valence-corrected chi connectivity index (χ3v) is 6.50. The minimum absolute atomic E-state index is 1.12. The maximum absolute atomic E-state index is 2.41. The van der Waals surface area contributed by atoms with Crippen molar-refractivity contribution in [2.24, 2.45) is 0 Å². The molecule has 0 saturated carbocycles. The summed E-state index contributed by atoms with van der Waals surface area (Å²) < 4.78 is 0. The van der Waals surface area contributed by atoms with Gasteiger partial charge in [0.15, 0.2) is 0 Å². The van der Waals surface area contributed by atoms with E-state index in [2.05, 4.69) is 141 Å². The van der Waals surface area contributed by atoms with Crippen LogP contribution in [0.2, 0.25) is 0 Å². The summed E-state index contributed by atoms with van der Waals surface area (Å²) in [7, 11) is 0. The van der Waals surface area contributed by atoms with Crippen molar-refractivity contribution in [2.45, 2.75) is 127 Å². The fourth-order valence-corrected chi connectivity index (χ4v) is 3.91.